The van der Waals surface area contributed by atoms with Gasteiger partial charge in [-0.25, -0.2) is 4.98 Å². The van der Waals surface area contributed by atoms with Gasteiger partial charge in [0.25, 0.3) is 0 Å². The number of thiophene rings is 2. The molecule has 0 atom stereocenters. The van der Waals surface area contributed by atoms with Crippen molar-refractivity contribution < 1.29 is 0 Å². The molecule has 0 aliphatic heterocycles. The topological polar surface area (TPSA) is 53.4 Å². The molecule has 0 unspecified atom stereocenters. The fourth-order valence-electron chi connectivity index (χ4n) is 6.90. The van der Waals surface area contributed by atoms with E-state index in [0.29, 0.717) is 0 Å². The molecule has 3 aromatic heterocycles. The summed E-state index contributed by atoms with van der Waals surface area (Å²) in [5, 5.41) is 2.78. The second kappa shape index (κ2) is 11.6. The molecule has 0 spiro atoms. The SMILES string of the molecule is CC=Nc1ccc2[nH]c(-c3ccc(/N=C/c4ccc5c(C6=C(c7c(C)sc8cc(C)ccc78)CCC6)c(C)sc5c4)cc3)nc2c1. The van der Waals surface area contributed by atoms with E-state index in [0.717, 1.165) is 52.2 Å². The van der Waals surface area contributed by atoms with Crippen molar-refractivity contribution in [3.8, 4) is 11.4 Å². The third-order valence-electron chi connectivity index (χ3n) is 8.98. The first-order valence-electron chi connectivity index (χ1n) is 15.8. The minimum absolute atomic E-state index is 0.843. The number of aromatic amines is 1. The second-order valence-corrected chi connectivity index (χ2v) is 14.6. The molecule has 0 saturated heterocycles. The van der Waals surface area contributed by atoms with E-state index in [-0.39, 0.29) is 0 Å². The molecule has 0 fully saturated rings. The van der Waals surface area contributed by atoms with Gasteiger partial charge < -0.3 is 4.98 Å². The second-order valence-electron chi connectivity index (χ2n) is 12.1. The Kier molecular flexibility index (Phi) is 7.27. The highest BCUT2D eigenvalue weighted by atomic mass is 32.1. The van der Waals surface area contributed by atoms with E-state index in [1.165, 1.54) is 53.0 Å². The van der Waals surface area contributed by atoms with Crippen LogP contribution in [0.25, 0.3) is 53.7 Å². The highest BCUT2D eigenvalue weighted by Crippen LogP contribution is 2.49. The van der Waals surface area contributed by atoms with Crippen LogP contribution in [0.1, 0.15) is 58.2 Å². The Bertz CT molecular complexity index is 2380. The number of allylic oxidation sites excluding steroid dienone is 2. The van der Waals surface area contributed by atoms with Gasteiger partial charge in [-0.15, -0.1) is 22.7 Å². The summed E-state index contributed by atoms with van der Waals surface area (Å²) in [5.74, 6) is 0.843. The van der Waals surface area contributed by atoms with Gasteiger partial charge in [-0.05, 0) is 135 Å². The van der Waals surface area contributed by atoms with E-state index in [4.69, 9.17) is 9.98 Å². The van der Waals surface area contributed by atoms with Crippen LogP contribution >= 0.6 is 22.7 Å². The lowest BCUT2D eigenvalue weighted by atomic mass is 9.93. The molecule has 6 heteroatoms. The molecule has 0 amide bonds. The number of rotatable bonds is 6. The molecule has 1 aliphatic carbocycles. The van der Waals surface area contributed by atoms with E-state index in [1.807, 2.05) is 66.1 Å². The van der Waals surface area contributed by atoms with Gasteiger partial charge in [0.15, 0.2) is 0 Å². The van der Waals surface area contributed by atoms with Crippen molar-refractivity contribution in [1.82, 2.24) is 9.97 Å². The van der Waals surface area contributed by atoms with Gasteiger partial charge in [0, 0.05) is 47.9 Å². The smallest absolute Gasteiger partial charge is 0.138 e. The predicted molar refractivity (Wildman–Crippen MR) is 201 cm³/mol. The summed E-state index contributed by atoms with van der Waals surface area (Å²) < 4.78 is 2.73. The molecule has 226 valence electrons. The van der Waals surface area contributed by atoms with Crippen LogP contribution in [0.3, 0.4) is 0 Å². The lowest BCUT2D eigenvalue weighted by Crippen LogP contribution is -1.89. The Hall–Kier alpha value is -4.65. The Balaban J connectivity index is 1.07. The lowest BCUT2D eigenvalue weighted by molar-refractivity contribution is 0.942. The fraction of sp³-hybridized carbons (Fsp3) is 0.175. The maximum absolute atomic E-state index is 4.82. The standard InChI is InChI=1S/C40H34N4S2/c1-5-41-29-15-18-34-35(21-29)44-40(43-34)27-11-13-28(14-12-27)42-22-26-10-17-33-37(20-26)46-25(4)39(33)31-8-6-7-30(31)38-24(3)45-36-19-23(2)9-16-32(36)38/h5,9-22H,6-8H2,1-4H3,(H,43,44)/b41-5?,42-22+. The highest BCUT2D eigenvalue weighted by Gasteiger charge is 2.25. The van der Waals surface area contributed by atoms with Gasteiger partial charge in [0.05, 0.1) is 22.4 Å². The summed E-state index contributed by atoms with van der Waals surface area (Å²) in [5.41, 5.74) is 13.2. The van der Waals surface area contributed by atoms with E-state index in [1.54, 1.807) is 17.4 Å². The summed E-state index contributed by atoms with van der Waals surface area (Å²) >= 11 is 3.84. The zero-order valence-corrected chi connectivity index (χ0v) is 28.1. The Morgan fingerprint density at radius 1 is 0.717 bits per heavy atom. The summed E-state index contributed by atoms with van der Waals surface area (Å²) in [6.45, 7) is 8.70. The number of aryl methyl sites for hydroxylation is 3. The molecular formula is C40H34N4S2. The van der Waals surface area contributed by atoms with Crippen LogP contribution in [-0.4, -0.2) is 22.4 Å². The normalized spacial score (nSPS) is 14.0. The van der Waals surface area contributed by atoms with Crippen molar-refractivity contribution in [3.63, 3.8) is 0 Å². The van der Waals surface area contributed by atoms with Crippen LogP contribution in [0.15, 0.2) is 88.8 Å². The fourth-order valence-corrected chi connectivity index (χ4v) is 9.23. The number of aliphatic imine (C=N–C) groups is 2. The molecule has 4 nitrogen and oxygen atoms in total. The largest absolute Gasteiger partial charge is 0.338 e. The number of imidazole rings is 1. The Morgan fingerprint density at radius 2 is 1.39 bits per heavy atom. The molecule has 1 N–H and O–H groups in total. The van der Waals surface area contributed by atoms with E-state index < -0.39 is 0 Å². The van der Waals surface area contributed by atoms with Gasteiger partial charge in [-0.3, -0.25) is 9.98 Å². The first kappa shape index (κ1) is 28.8. The number of nitrogens with one attached hydrogen (secondary N) is 1. The van der Waals surface area contributed by atoms with Crippen LogP contribution < -0.4 is 0 Å². The summed E-state index contributed by atoms with van der Waals surface area (Å²) in [6.07, 6.45) is 7.29. The minimum atomic E-state index is 0.843. The molecule has 3 heterocycles. The number of nitrogens with zero attached hydrogens (tertiary/aromatic N) is 3. The van der Waals surface area contributed by atoms with Gasteiger partial charge >= 0.3 is 0 Å². The number of hydrogen-bond donors (Lipinski definition) is 1. The Labute approximate surface area is 276 Å². The minimum Gasteiger partial charge on any atom is -0.338 e. The van der Waals surface area contributed by atoms with Crippen molar-refractivity contribution in [2.75, 3.05) is 0 Å². The monoisotopic (exact) mass is 634 g/mol. The van der Waals surface area contributed by atoms with Gasteiger partial charge in [-0.2, -0.15) is 0 Å². The average molecular weight is 635 g/mol. The summed E-state index contributed by atoms with van der Waals surface area (Å²) in [4.78, 5) is 20.2. The van der Waals surface area contributed by atoms with Gasteiger partial charge in [0.1, 0.15) is 5.82 Å². The van der Waals surface area contributed by atoms with Crippen LogP contribution in [0.2, 0.25) is 0 Å². The van der Waals surface area contributed by atoms with Crippen molar-refractivity contribution in [3.05, 3.63) is 111 Å². The average Bonchev–Trinajstić information content (AvgIpc) is 3.83. The molecule has 4 aromatic carbocycles. The van der Waals surface area contributed by atoms with Crippen molar-refractivity contribution in [2.24, 2.45) is 9.98 Å². The maximum atomic E-state index is 4.82. The molecule has 46 heavy (non-hydrogen) atoms. The Morgan fingerprint density at radius 3 is 2.11 bits per heavy atom. The number of hydrogen-bond acceptors (Lipinski definition) is 5. The molecule has 0 radical (unpaired) electrons. The van der Waals surface area contributed by atoms with E-state index >= 15 is 0 Å². The lowest BCUT2D eigenvalue weighted by Gasteiger charge is -2.10. The van der Waals surface area contributed by atoms with Crippen LogP contribution in [-0.2, 0) is 0 Å². The first-order chi connectivity index (χ1) is 22.4. The third-order valence-corrected chi connectivity index (χ3v) is 11.1. The van der Waals surface area contributed by atoms with Crippen LogP contribution in [0.4, 0.5) is 11.4 Å². The molecule has 7 aromatic rings. The van der Waals surface area contributed by atoms with Crippen molar-refractivity contribution in [2.45, 2.75) is 47.0 Å². The van der Waals surface area contributed by atoms with E-state index in [9.17, 15) is 0 Å². The zero-order valence-electron chi connectivity index (χ0n) is 26.4. The maximum Gasteiger partial charge on any atom is 0.138 e. The number of fused-ring (bicyclic) bond motifs is 3. The van der Waals surface area contributed by atoms with E-state index in [2.05, 4.69) is 79.3 Å². The molecule has 8 rings (SSSR count). The number of aromatic nitrogens is 2. The van der Waals surface area contributed by atoms with Crippen molar-refractivity contribution >= 4 is 88.8 Å². The quantitative estimate of drug-likeness (QED) is 0.182. The molecular weight excluding hydrogens is 601 g/mol. The van der Waals surface area contributed by atoms with Crippen LogP contribution in [0, 0.1) is 20.8 Å². The zero-order chi connectivity index (χ0) is 31.4. The molecule has 0 saturated carbocycles. The van der Waals surface area contributed by atoms with Crippen LogP contribution in [0.5, 0.6) is 0 Å². The number of benzene rings is 4. The highest BCUT2D eigenvalue weighted by molar-refractivity contribution is 7.19. The summed E-state index contributed by atoms with van der Waals surface area (Å²) in [7, 11) is 0. The first-order valence-corrected chi connectivity index (χ1v) is 17.5. The third kappa shape index (κ3) is 5.12. The van der Waals surface area contributed by atoms with Crippen molar-refractivity contribution in [1.29, 1.82) is 0 Å². The summed E-state index contributed by atoms with van der Waals surface area (Å²) in [6, 6.07) is 28.0. The van der Waals surface area contributed by atoms with Gasteiger partial charge in [0.2, 0.25) is 0 Å². The number of H-pyrrole nitrogens is 1. The predicted octanol–water partition coefficient (Wildman–Crippen LogP) is 12.2. The molecule has 0 bridgehead atoms. The molecule has 1 aliphatic rings. The van der Waals surface area contributed by atoms with Gasteiger partial charge in [-0.1, -0.05) is 24.3 Å².